The second-order valence-corrected chi connectivity index (χ2v) is 6.57. The minimum Gasteiger partial charge on any atom is -0.362 e. The van der Waals surface area contributed by atoms with E-state index in [4.69, 9.17) is 4.98 Å². The van der Waals surface area contributed by atoms with E-state index < -0.39 is 0 Å². The number of nitrogens with one attached hydrogen (secondary N) is 1. The third-order valence-electron chi connectivity index (χ3n) is 4.36. The van der Waals surface area contributed by atoms with E-state index in [1.54, 1.807) is 0 Å². The third kappa shape index (κ3) is 3.16. The zero-order chi connectivity index (χ0) is 18.1. The van der Waals surface area contributed by atoms with Gasteiger partial charge in [-0.1, -0.05) is 36.4 Å². The summed E-state index contributed by atoms with van der Waals surface area (Å²) in [6, 6.07) is 18.4. The monoisotopic (exact) mass is 343 g/mol. The molecule has 26 heavy (non-hydrogen) atoms. The van der Waals surface area contributed by atoms with Gasteiger partial charge < -0.3 is 5.32 Å². The van der Waals surface area contributed by atoms with Gasteiger partial charge in [0, 0.05) is 23.9 Å². The van der Waals surface area contributed by atoms with Crippen LogP contribution in [-0.4, -0.2) is 19.6 Å². The van der Waals surface area contributed by atoms with Gasteiger partial charge in [-0.2, -0.15) is 9.61 Å². The van der Waals surface area contributed by atoms with Gasteiger partial charge in [-0.25, -0.2) is 4.98 Å². The van der Waals surface area contributed by atoms with E-state index >= 15 is 0 Å². The summed E-state index contributed by atoms with van der Waals surface area (Å²) in [4.78, 5) is 9.30. The predicted molar refractivity (Wildman–Crippen MR) is 104 cm³/mol. The van der Waals surface area contributed by atoms with Crippen molar-refractivity contribution in [2.45, 2.75) is 26.8 Å². The van der Waals surface area contributed by atoms with E-state index in [0.29, 0.717) is 0 Å². The maximum absolute atomic E-state index is 4.76. The highest BCUT2D eigenvalue weighted by Crippen LogP contribution is 2.25. The van der Waals surface area contributed by atoms with Gasteiger partial charge in [0.25, 0.3) is 0 Å². The number of pyridine rings is 1. The molecule has 5 heteroatoms. The smallest absolute Gasteiger partial charge is 0.158 e. The van der Waals surface area contributed by atoms with Crippen LogP contribution in [0.4, 0.5) is 5.82 Å². The molecule has 1 N–H and O–H groups in total. The quantitative estimate of drug-likeness (QED) is 0.589. The molecular weight excluding hydrogens is 322 g/mol. The Morgan fingerprint density at radius 1 is 1.00 bits per heavy atom. The summed E-state index contributed by atoms with van der Waals surface area (Å²) < 4.78 is 1.85. The van der Waals surface area contributed by atoms with Crippen molar-refractivity contribution in [1.29, 1.82) is 0 Å². The number of fused-ring (bicyclic) bond motifs is 1. The van der Waals surface area contributed by atoms with Gasteiger partial charge in [0.05, 0.1) is 23.1 Å². The fourth-order valence-corrected chi connectivity index (χ4v) is 2.98. The van der Waals surface area contributed by atoms with Gasteiger partial charge in [-0.15, -0.1) is 0 Å². The standard InChI is InChI=1S/C21H21N5/c1-14-9-10-18(22-13-14)16(3)23-21-12-19(17-7-5-4-6-8-17)24-20-11-15(2)25-26(20)21/h4-13,16,23H,1-3H3/t16-/m1/s1. The molecule has 0 amide bonds. The lowest BCUT2D eigenvalue weighted by molar-refractivity contribution is 0.807. The molecule has 5 nitrogen and oxygen atoms in total. The molecule has 0 spiro atoms. The Hall–Kier alpha value is -3.21. The van der Waals surface area contributed by atoms with Gasteiger partial charge in [0.2, 0.25) is 0 Å². The molecule has 4 aromatic rings. The van der Waals surface area contributed by atoms with Crippen LogP contribution in [0.5, 0.6) is 0 Å². The molecule has 0 saturated heterocycles. The lowest BCUT2D eigenvalue weighted by Gasteiger charge is -2.16. The summed E-state index contributed by atoms with van der Waals surface area (Å²) in [5.74, 6) is 0.900. The first-order valence-electron chi connectivity index (χ1n) is 8.72. The Kier molecular flexibility index (Phi) is 4.13. The Bertz CT molecular complexity index is 1040. The van der Waals surface area contributed by atoms with Crippen LogP contribution in [0.25, 0.3) is 16.9 Å². The molecule has 0 radical (unpaired) electrons. The van der Waals surface area contributed by atoms with Crippen LogP contribution in [0.3, 0.4) is 0 Å². The van der Waals surface area contributed by atoms with Crippen molar-refractivity contribution < 1.29 is 0 Å². The Balaban J connectivity index is 1.76. The van der Waals surface area contributed by atoms with Gasteiger partial charge in [0.15, 0.2) is 5.65 Å². The van der Waals surface area contributed by atoms with Crippen LogP contribution >= 0.6 is 0 Å². The molecule has 0 aliphatic heterocycles. The molecule has 0 aliphatic rings. The Labute approximate surface area is 152 Å². The van der Waals surface area contributed by atoms with E-state index in [1.165, 1.54) is 0 Å². The van der Waals surface area contributed by atoms with Crippen LogP contribution in [0, 0.1) is 13.8 Å². The van der Waals surface area contributed by atoms with E-state index in [2.05, 4.69) is 46.6 Å². The van der Waals surface area contributed by atoms with Crippen LogP contribution in [0.2, 0.25) is 0 Å². The maximum atomic E-state index is 4.76. The highest BCUT2D eigenvalue weighted by Gasteiger charge is 2.13. The van der Waals surface area contributed by atoms with E-state index in [-0.39, 0.29) is 6.04 Å². The average molecular weight is 343 g/mol. The first-order valence-corrected chi connectivity index (χ1v) is 8.72. The molecule has 1 atom stereocenters. The lowest BCUT2D eigenvalue weighted by Crippen LogP contribution is -2.12. The van der Waals surface area contributed by atoms with Gasteiger partial charge in [-0.05, 0) is 32.4 Å². The normalized spacial score (nSPS) is 12.3. The molecule has 0 aliphatic carbocycles. The van der Waals surface area contributed by atoms with Crippen molar-refractivity contribution >= 4 is 11.5 Å². The second kappa shape index (κ2) is 6.59. The van der Waals surface area contributed by atoms with E-state index in [1.807, 2.05) is 54.9 Å². The van der Waals surface area contributed by atoms with Gasteiger partial charge >= 0.3 is 0 Å². The largest absolute Gasteiger partial charge is 0.362 e. The molecule has 3 aromatic heterocycles. The molecule has 0 unspecified atom stereocenters. The van der Waals surface area contributed by atoms with Crippen molar-refractivity contribution in [1.82, 2.24) is 19.6 Å². The zero-order valence-electron chi connectivity index (χ0n) is 15.1. The molecule has 0 saturated carbocycles. The summed E-state index contributed by atoms with van der Waals surface area (Å²) in [6.07, 6.45) is 1.89. The van der Waals surface area contributed by atoms with Crippen molar-refractivity contribution in [3.63, 3.8) is 0 Å². The number of rotatable bonds is 4. The number of nitrogens with zero attached hydrogens (tertiary/aromatic N) is 4. The molecule has 130 valence electrons. The minimum atomic E-state index is 0.0503. The molecule has 4 rings (SSSR count). The summed E-state index contributed by atoms with van der Waals surface area (Å²) in [5.41, 5.74) is 5.91. The number of aromatic nitrogens is 4. The molecule has 0 fully saturated rings. The first kappa shape index (κ1) is 16.3. The van der Waals surface area contributed by atoms with Crippen molar-refractivity contribution in [3.05, 3.63) is 77.7 Å². The van der Waals surface area contributed by atoms with Crippen molar-refractivity contribution in [2.24, 2.45) is 0 Å². The van der Waals surface area contributed by atoms with Crippen LogP contribution in [0.1, 0.15) is 29.9 Å². The number of benzene rings is 1. The van der Waals surface area contributed by atoms with Gasteiger partial charge in [0.1, 0.15) is 5.82 Å². The summed E-state index contributed by atoms with van der Waals surface area (Å²) in [6.45, 7) is 6.12. The van der Waals surface area contributed by atoms with E-state index in [9.17, 15) is 0 Å². The summed E-state index contributed by atoms with van der Waals surface area (Å²) in [7, 11) is 0. The topological polar surface area (TPSA) is 55.1 Å². The Morgan fingerprint density at radius 2 is 1.81 bits per heavy atom. The highest BCUT2D eigenvalue weighted by molar-refractivity contribution is 5.66. The molecule has 3 heterocycles. The fourth-order valence-electron chi connectivity index (χ4n) is 2.98. The number of hydrogen-bond donors (Lipinski definition) is 1. The summed E-state index contributed by atoms with van der Waals surface area (Å²) >= 11 is 0. The first-order chi connectivity index (χ1) is 12.6. The summed E-state index contributed by atoms with van der Waals surface area (Å²) in [5, 5.41) is 8.12. The second-order valence-electron chi connectivity index (χ2n) is 6.57. The van der Waals surface area contributed by atoms with Crippen LogP contribution in [0.15, 0.2) is 60.8 Å². The fraction of sp³-hybridized carbons (Fsp3) is 0.190. The molecular formula is C21H21N5. The van der Waals surface area contributed by atoms with Gasteiger partial charge in [-0.3, -0.25) is 4.98 Å². The van der Waals surface area contributed by atoms with Crippen molar-refractivity contribution in [2.75, 3.05) is 5.32 Å². The maximum Gasteiger partial charge on any atom is 0.158 e. The SMILES string of the molecule is Cc1ccc([C@@H](C)Nc2cc(-c3ccccc3)nc3cc(C)nn23)nc1. The van der Waals surface area contributed by atoms with Crippen LogP contribution < -0.4 is 5.32 Å². The minimum absolute atomic E-state index is 0.0503. The highest BCUT2D eigenvalue weighted by atomic mass is 15.3. The van der Waals surface area contributed by atoms with Crippen molar-refractivity contribution in [3.8, 4) is 11.3 Å². The number of aryl methyl sites for hydroxylation is 2. The Morgan fingerprint density at radius 3 is 2.54 bits per heavy atom. The molecule has 1 aromatic carbocycles. The van der Waals surface area contributed by atoms with Crippen LogP contribution in [-0.2, 0) is 0 Å². The third-order valence-corrected chi connectivity index (χ3v) is 4.36. The average Bonchev–Trinajstić information content (AvgIpc) is 3.03. The van der Waals surface area contributed by atoms with E-state index in [0.717, 1.165) is 39.7 Å². The number of hydrogen-bond acceptors (Lipinski definition) is 4. The predicted octanol–water partition coefficient (Wildman–Crippen LogP) is 4.58. The zero-order valence-corrected chi connectivity index (χ0v) is 15.1. The molecule has 0 bridgehead atoms. The lowest BCUT2D eigenvalue weighted by atomic mass is 10.1. The number of anilines is 1.